The van der Waals surface area contributed by atoms with Crippen LogP contribution in [0.15, 0.2) is 54.9 Å². The molecule has 1 aromatic heterocycles. The van der Waals surface area contributed by atoms with E-state index in [1.54, 1.807) is 0 Å². The van der Waals surface area contributed by atoms with Gasteiger partial charge in [0.15, 0.2) is 5.82 Å². The molecule has 2 N–H and O–H groups in total. The van der Waals surface area contributed by atoms with Crippen LogP contribution in [0.5, 0.6) is 0 Å². The first kappa shape index (κ1) is 20.6. The fourth-order valence-electron chi connectivity index (χ4n) is 3.87. The Morgan fingerprint density at radius 1 is 1.00 bits per heavy atom. The number of aromatic nitrogens is 3. The molecular formula is C23H29ClN4. The number of aromatic amines is 1. The Kier molecular flexibility index (Phi) is 6.53. The summed E-state index contributed by atoms with van der Waals surface area (Å²) < 4.78 is 0. The van der Waals surface area contributed by atoms with Crippen LogP contribution in [0.4, 0.5) is 0 Å². The van der Waals surface area contributed by atoms with Crippen molar-refractivity contribution >= 4 is 12.4 Å². The summed E-state index contributed by atoms with van der Waals surface area (Å²) in [5.41, 5.74) is 5.34. The standard InChI is InChI=1S/C23H28N4.ClH/c1-23(2)12-10-21(11-13-23)24-15-17-6-8-18(9-7-17)19-4-3-5-20(14-19)22-25-16-26-27-22;/h3-9,14,16,21,24H,10-13,15H2,1-2H3,(H,25,26,27);1H. The van der Waals surface area contributed by atoms with Crippen LogP contribution < -0.4 is 5.32 Å². The molecule has 0 atom stereocenters. The van der Waals surface area contributed by atoms with E-state index in [1.807, 2.05) is 6.07 Å². The average molecular weight is 397 g/mol. The van der Waals surface area contributed by atoms with Crippen LogP contribution in [0.3, 0.4) is 0 Å². The topological polar surface area (TPSA) is 53.6 Å². The van der Waals surface area contributed by atoms with Crippen molar-refractivity contribution in [3.05, 3.63) is 60.4 Å². The smallest absolute Gasteiger partial charge is 0.155 e. The zero-order valence-corrected chi connectivity index (χ0v) is 17.4. The number of nitrogens with one attached hydrogen (secondary N) is 2. The maximum Gasteiger partial charge on any atom is 0.155 e. The van der Waals surface area contributed by atoms with Gasteiger partial charge in [0.25, 0.3) is 0 Å². The Morgan fingerprint density at radius 2 is 1.71 bits per heavy atom. The van der Waals surface area contributed by atoms with Crippen LogP contribution in [0.25, 0.3) is 22.5 Å². The lowest BCUT2D eigenvalue weighted by molar-refractivity contribution is 0.206. The zero-order chi connectivity index (χ0) is 18.7. The van der Waals surface area contributed by atoms with Crippen LogP contribution in [-0.4, -0.2) is 21.2 Å². The minimum Gasteiger partial charge on any atom is -0.310 e. The number of H-pyrrole nitrogens is 1. The van der Waals surface area contributed by atoms with Gasteiger partial charge in [0.1, 0.15) is 6.33 Å². The molecule has 1 saturated carbocycles. The molecule has 1 aliphatic rings. The predicted molar refractivity (Wildman–Crippen MR) is 117 cm³/mol. The molecule has 4 nitrogen and oxygen atoms in total. The molecule has 3 aromatic rings. The third-order valence-electron chi connectivity index (χ3n) is 5.77. The van der Waals surface area contributed by atoms with Gasteiger partial charge in [-0.15, -0.1) is 12.4 Å². The minimum absolute atomic E-state index is 0. The highest BCUT2D eigenvalue weighted by atomic mass is 35.5. The molecule has 2 aromatic carbocycles. The SMILES string of the molecule is CC1(C)CCC(NCc2ccc(-c3cccc(-c4ncn[nH]4)c3)cc2)CC1.Cl. The first-order valence-corrected chi connectivity index (χ1v) is 9.88. The number of hydrogen-bond donors (Lipinski definition) is 2. The third kappa shape index (κ3) is 5.00. The molecule has 0 bridgehead atoms. The van der Waals surface area contributed by atoms with E-state index in [2.05, 4.69) is 76.8 Å². The first-order chi connectivity index (χ1) is 13.1. The van der Waals surface area contributed by atoms with Crippen LogP contribution in [-0.2, 0) is 6.54 Å². The number of rotatable bonds is 5. The van der Waals surface area contributed by atoms with Crippen molar-refractivity contribution < 1.29 is 0 Å². The van der Waals surface area contributed by atoms with Gasteiger partial charge in [0, 0.05) is 18.2 Å². The molecule has 0 amide bonds. The van der Waals surface area contributed by atoms with Gasteiger partial charge < -0.3 is 5.32 Å². The van der Waals surface area contributed by atoms with Crippen molar-refractivity contribution in [2.24, 2.45) is 5.41 Å². The van der Waals surface area contributed by atoms with E-state index in [4.69, 9.17) is 0 Å². The highest BCUT2D eigenvalue weighted by molar-refractivity contribution is 5.85. The zero-order valence-electron chi connectivity index (χ0n) is 16.6. The Labute approximate surface area is 173 Å². The Morgan fingerprint density at radius 3 is 2.39 bits per heavy atom. The van der Waals surface area contributed by atoms with E-state index in [0.29, 0.717) is 11.5 Å². The van der Waals surface area contributed by atoms with Crippen molar-refractivity contribution in [3.63, 3.8) is 0 Å². The summed E-state index contributed by atoms with van der Waals surface area (Å²) in [5.74, 6) is 0.799. The van der Waals surface area contributed by atoms with Gasteiger partial charge in [-0.25, -0.2) is 4.98 Å². The maximum absolute atomic E-state index is 4.24. The Balaban J connectivity index is 0.00000225. The lowest BCUT2D eigenvalue weighted by Crippen LogP contribution is -2.35. The fraction of sp³-hybridized carbons (Fsp3) is 0.391. The summed E-state index contributed by atoms with van der Waals surface area (Å²) in [6.45, 7) is 5.72. The van der Waals surface area contributed by atoms with Gasteiger partial charge >= 0.3 is 0 Å². The molecule has 28 heavy (non-hydrogen) atoms. The summed E-state index contributed by atoms with van der Waals surface area (Å²) in [6, 6.07) is 17.9. The van der Waals surface area contributed by atoms with E-state index >= 15 is 0 Å². The van der Waals surface area contributed by atoms with Crippen molar-refractivity contribution in [2.45, 2.75) is 52.1 Å². The number of nitrogens with zero attached hydrogens (tertiary/aromatic N) is 2. The van der Waals surface area contributed by atoms with Crippen LogP contribution in [0.2, 0.25) is 0 Å². The van der Waals surface area contributed by atoms with Crippen molar-refractivity contribution in [1.82, 2.24) is 20.5 Å². The number of hydrogen-bond acceptors (Lipinski definition) is 3. The van der Waals surface area contributed by atoms with Crippen molar-refractivity contribution in [1.29, 1.82) is 0 Å². The molecule has 1 aliphatic carbocycles. The molecular weight excluding hydrogens is 368 g/mol. The van der Waals surface area contributed by atoms with Crippen molar-refractivity contribution in [3.8, 4) is 22.5 Å². The molecule has 148 valence electrons. The summed E-state index contributed by atoms with van der Waals surface area (Å²) in [6.07, 6.45) is 6.77. The van der Waals surface area contributed by atoms with E-state index in [9.17, 15) is 0 Å². The second kappa shape index (κ2) is 8.89. The highest BCUT2D eigenvalue weighted by Gasteiger charge is 2.26. The monoisotopic (exact) mass is 396 g/mol. The van der Waals surface area contributed by atoms with Crippen molar-refractivity contribution in [2.75, 3.05) is 0 Å². The van der Waals surface area contributed by atoms with Crippen LogP contribution in [0, 0.1) is 5.41 Å². The first-order valence-electron chi connectivity index (χ1n) is 9.88. The van der Waals surface area contributed by atoms with E-state index in [1.165, 1.54) is 48.7 Å². The van der Waals surface area contributed by atoms with Crippen LogP contribution >= 0.6 is 12.4 Å². The highest BCUT2D eigenvalue weighted by Crippen LogP contribution is 2.35. The minimum atomic E-state index is 0. The average Bonchev–Trinajstić information content (AvgIpc) is 3.23. The summed E-state index contributed by atoms with van der Waals surface area (Å²) >= 11 is 0. The molecule has 4 rings (SSSR count). The van der Waals surface area contributed by atoms with E-state index in [0.717, 1.165) is 17.9 Å². The third-order valence-corrected chi connectivity index (χ3v) is 5.77. The molecule has 0 unspecified atom stereocenters. The summed E-state index contributed by atoms with van der Waals surface area (Å²) in [4.78, 5) is 4.24. The van der Waals surface area contributed by atoms with Gasteiger partial charge in [-0.3, -0.25) is 5.10 Å². The molecule has 0 saturated heterocycles. The van der Waals surface area contributed by atoms with Gasteiger partial charge in [0.2, 0.25) is 0 Å². The summed E-state index contributed by atoms with van der Waals surface area (Å²) in [7, 11) is 0. The van der Waals surface area contributed by atoms with E-state index < -0.39 is 0 Å². The van der Waals surface area contributed by atoms with E-state index in [-0.39, 0.29) is 12.4 Å². The van der Waals surface area contributed by atoms with Crippen LogP contribution in [0.1, 0.15) is 45.1 Å². The molecule has 0 spiro atoms. The second-order valence-corrected chi connectivity index (χ2v) is 8.43. The second-order valence-electron chi connectivity index (χ2n) is 8.43. The number of halogens is 1. The quantitative estimate of drug-likeness (QED) is 0.588. The molecule has 0 aliphatic heterocycles. The largest absolute Gasteiger partial charge is 0.310 e. The molecule has 0 radical (unpaired) electrons. The summed E-state index contributed by atoms with van der Waals surface area (Å²) in [5, 5.41) is 10.6. The molecule has 5 heteroatoms. The normalized spacial score (nSPS) is 16.5. The Hall–Kier alpha value is -2.17. The predicted octanol–water partition coefficient (Wildman–Crippen LogP) is 5.62. The van der Waals surface area contributed by atoms with Gasteiger partial charge in [-0.1, -0.05) is 56.3 Å². The lowest BCUT2D eigenvalue weighted by atomic mass is 9.75. The van der Waals surface area contributed by atoms with Gasteiger partial charge in [-0.05, 0) is 53.9 Å². The molecule has 1 fully saturated rings. The lowest BCUT2D eigenvalue weighted by Gasteiger charge is -2.34. The number of benzene rings is 2. The van der Waals surface area contributed by atoms with Gasteiger partial charge in [0.05, 0.1) is 0 Å². The maximum atomic E-state index is 4.24. The molecule has 1 heterocycles. The fourth-order valence-corrected chi connectivity index (χ4v) is 3.87. The Bertz CT molecular complexity index is 862. The van der Waals surface area contributed by atoms with Gasteiger partial charge in [-0.2, -0.15) is 5.10 Å².